The number of hydrogen-bond acceptors (Lipinski definition) is 0. The molecule has 0 amide bonds. The molecule has 0 aromatic rings. The molecule has 0 N–H and O–H groups in total. The summed E-state index contributed by atoms with van der Waals surface area (Å²) in [6, 6.07) is 0. The van der Waals surface area contributed by atoms with Crippen LogP contribution in [0.5, 0.6) is 0 Å². The summed E-state index contributed by atoms with van der Waals surface area (Å²) in [4.78, 5) is 0. The van der Waals surface area contributed by atoms with Gasteiger partial charge in [-0.2, -0.15) is 0 Å². The summed E-state index contributed by atoms with van der Waals surface area (Å²) >= 11 is 0. The maximum Gasteiger partial charge on any atom is -0.0168 e. The highest BCUT2D eigenvalue weighted by atomic mass is 14.4. The second-order valence-corrected chi connectivity index (χ2v) is 2.84. The van der Waals surface area contributed by atoms with E-state index in [0.29, 0.717) is 0 Å². The average Bonchev–Trinajstić information content (AvgIpc) is 2.15. The van der Waals surface area contributed by atoms with Gasteiger partial charge in [0.25, 0.3) is 0 Å². The van der Waals surface area contributed by atoms with Gasteiger partial charge in [-0.3, -0.25) is 0 Å². The fraction of sp³-hybridized carbons (Fsp3) is 0.750. The molecular formula is C8H10. The van der Waals surface area contributed by atoms with Crippen LogP contribution in [-0.2, 0) is 0 Å². The third kappa shape index (κ3) is 0.586. The predicted molar refractivity (Wildman–Crippen MR) is 31.9 cm³/mol. The third-order valence-electron chi connectivity index (χ3n) is 2.29. The van der Waals surface area contributed by atoms with Crippen LogP contribution in [0.2, 0.25) is 0 Å². The van der Waals surface area contributed by atoms with E-state index in [1.165, 1.54) is 25.7 Å². The molecule has 0 bridgehead atoms. The Hall–Kier alpha value is 0. The highest BCUT2D eigenvalue weighted by molar-refractivity contribution is 4.97. The molecule has 0 aliphatic heterocycles. The zero-order valence-electron chi connectivity index (χ0n) is 4.98. The summed E-state index contributed by atoms with van der Waals surface area (Å²) in [5, 5.41) is 0. The molecule has 2 rings (SSSR count). The van der Waals surface area contributed by atoms with Crippen molar-refractivity contribution < 1.29 is 0 Å². The molecule has 0 unspecified atom stereocenters. The van der Waals surface area contributed by atoms with Gasteiger partial charge < -0.3 is 0 Å². The molecule has 0 spiro atoms. The van der Waals surface area contributed by atoms with Crippen LogP contribution in [0.1, 0.15) is 25.7 Å². The van der Waals surface area contributed by atoms with Crippen LogP contribution < -0.4 is 0 Å². The molecule has 0 heterocycles. The zero-order chi connectivity index (χ0) is 5.40. The second kappa shape index (κ2) is 1.75. The van der Waals surface area contributed by atoms with Gasteiger partial charge in [-0.25, -0.2) is 0 Å². The summed E-state index contributed by atoms with van der Waals surface area (Å²) in [5.74, 6) is 1.91. The van der Waals surface area contributed by atoms with Gasteiger partial charge in [0.15, 0.2) is 0 Å². The maximum absolute atomic E-state index is 3.38. The molecule has 2 saturated carbocycles. The predicted octanol–water partition coefficient (Wildman–Crippen LogP) is 1.97. The Morgan fingerprint density at radius 2 is 1.12 bits per heavy atom. The molecule has 0 saturated heterocycles. The first kappa shape index (κ1) is 4.84. The summed E-state index contributed by atoms with van der Waals surface area (Å²) in [7, 11) is 0. The van der Waals surface area contributed by atoms with Gasteiger partial charge in [-0.05, 0) is 50.4 Å². The molecule has 0 heteroatoms. The SMILES string of the molecule is [C]1CC2C[C]CC2C1. The van der Waals surface area contributed by atoms with E-state index in [1.807, 2.05) is 0 Å². The molecular weight excluding hydrogens is 96.1 g/mol. The van der Waals surface area contributed by atoms with Crippen molar-refractivity contribution in [2.45, 2.75) is 25.7 Å². The van der Waals surface area contributed by atoms with Crippen LogP contribution >= 0.6 is 0 Å². The maximum atomic E-state index is 3.38. The van der Waals surface area contributed by atoms with Crippen LogP contribution in [0.4, 0.5) is 0 Å². The topological polar surface area (TPSA) is 0 Å². The minimum Gasteiger partial charge on any atom is -0.0433 e. The van der Waals surface area contributed by atoms with Crippen molar-refractivity contribution in [2.24, 2.45) is 11.8 Å². The van der Waals surface area contributed by atoms with E-state index >= 15 is 0 Å². The lowest BCUT2D eigenvalue weighted by Gasteiger charge is -2.04. The molecule has 2 aliphatic carbocycles. The van der Waals surface area contributed by atoms with Crippen LogP contribution in [0.15, 0.2) is 0 Å². The van der Waals surface area contributed by atoms with Gasteiger partial charge in [0.1, 0.15) is 0 Å². The standard InChI is InChI=1S/C8H10/c1-3-7-5-2-6-8(7)4-1/h7-8H,3-6H2. The molecule has 0 aromatic carbocycles. The van der Waals surface area contributed by atoms with E-state index in [4.69, 9.17) is 0 Å². The fourth-order valence-corrected chi connectivity index (χ4v) is 1.72. The fourth-order valence-electron chi connectivity index (χ4n) is 1.72. The van der Waals surface area contributed by atoms with Crippen LogP contribution in [0.3, 0.4) is 0 Å². The van der Waals surface area contributed by atoms with E-state index in [9.17, 15) is 0 Å². The summed E-state index contributed by atoms with van der Waals surface area (Å²) < 4.78 is 0. The molecule has 0 atom stereocenters. The average molecular weight is 106 g/mol. The van der Waals surface area contributed by atoms with Crippen molar-refractivity contribution in [3.8, 4) is 0 Å². The van der Waals surface area contributed by atoms with Gasteiger partial charge in [-0.1, -0.05) is 0 Å². The number of hydrogen-bond donors (Lipinski definition) is 0. The Bertz CT molecular complexity index is 66.0. The van der Waals surface area contributed by atoms with Crippen molar-refractivity contribution >= 4 is 0 Å². The first-order valence-corrected chi connectivity index (χ1v) is 3.38. The summed E-state index contributed by atoms with van der Waals surface area (Å²) in [5.41, 5.74) is 0. The van der Waals surface area contributed by atoms with Crippen molar-refractivity contribution in [2.75, 3.05) is 0 Å². The molecule has 0 nitrogen and oxygen atoms in total. The van der Waals surface area contributed by atoms with Gasteiger partial charge in [0.2, 0.25) is 0 Å². The van der Waals surface area contributed by atoms with Gasteiger partial charge in [0.05, 0.1) is 0 Å². The Morgan fingerprint density at radius 1 is 0.750 bits per heavy atom. The smallest absolute Gasteiger partial charge is 0.0168 e. The Kier molecular flexibility index (Phi) is 1.06. The first-order valence-electron chi connectivity index (χ1n) is 3.38. The second-order valence-electron chi connectivity index (χ2n) is 2.84. The van der Waals surface area contributed by atoms with E-state index in [-0.39, 0.29) is 0 Å². The van der Waals surface area contributed by atoms with E-state index in [0.717, 1.165) is 11.8 Å². The first-order chi connectivity index (χ1) is 3.97. The summed E-state index contributed by atoms with van der Waals surface area (Å²) in [6.07, 6.45) is 11.8. The van der Waals surface area contributed by atoms with Gasteiger partial charge in [0, 0.05) is 0 Å². The number of rotatable bonds is 0. The van der Waals surface area contributed by atoms with Crippen molar-refractivity contribution in [1.29, 1.82) is 0 Å². The minimum absolute atomic E-state index is 0.954. The monoisotopic (exact) mass is 106 g/mol. The number of fused-ring (bicyclic) bond motifs is 1. The van der Waals surface area contributed by atoms with Crippen LogP contribution in [0, 0.1) is 24.7 Å². The van der Waals surface area contributed by atoms with Gasteiger partial charge >= 0.3 is 0 Å². The van der Waals surface area contributed by atoms with Crippen molar-refractivity contribution in [1.82, 2.24) is 0 Å². The Balaban J connectivity index is 2.04. The molecule has 0 aromatic heterocycles. The van der Waals surface area contributed by atoms with E-state index < -0.39 is 0 Å². The molecule has 2 aliphatic rings. The molecule has 2 fully saturated rings. The molecule has 42 valence electrons. The Morgan fingerprint density at radius 3 is 1.50 bits per heavy atom. The largest absolute Gasteiger partial charge is 0.0433 e. The zero-order valence-corrected chi connectivity index (χ0v) is 4.98. The Labute approximate surface area is 51.3 Å². The van der Waals surface area contributed by atoms with Crippen molar-refractivity contribution in [3.63, 3.8) is 0 Å². The van der Waals surface area contributed by atoms with Crippen LogP contribution in [0.25, 0.3) is 0 Å². The lowest BCUT2D eigenvalue weighted by Crippen LogP contribution is -1.95. The molecule has 8 heavy (non-hydrogen) atoms. The minimum atomic E-state index is 0.954. The lowest BCUT2D eigenvalue weighted by molar-refractivity contribution is 0.457. The normalized spacial score (nSPS) is 45.0. The van der Waals surface area contributed by atoms with Gasteiger partial charge in [-0.15, -0.1) is 0 Å². The van der Waals surface area contributed by atoms with Crippen molar-refractivity contribution in [3.05, 3.63) is 12.8 Å². The quantitative estimate of drug-likeness (QED) is 0.443. The lowest BCUT2D eigenvalue weighted by atomic mass is 10.0. The van der Waals surface area contributed by atoms with E-state index in [1.54, 1.807) is 0 Å². The third-order valence-corrected chi connectivity index (χ3v) is 2.29. The summed E-state index contributed by atoms with van der Waals surface area (Å²) in [6.45, 7) is 0. The van der Waals surface area contributed by atoms with E-state index in [2.05, 4.69) is 12.8 Å². The van der Waals surface area contributed by atoms with Crippen LogP contribution in [-0.4, -0.2) is 0 Å². The molecule has 4 radical (unpaired) electrons. The highest BCUT2D eigenvalue weighted by Gasteiger charge is 2.31. The highest BCUT2D eigenvalue weighted by Crippen LogP contribution is 2.42.